The Balaban J connectivity index is 2.31. The Labute approximate surface area is 123 Å². The van der Waals surface area contributed by atoms with Crippen LogP contribution in [0.1, 0.15) is 0 Å². The Morgan fingerprint density at radius 3 is 2.29 bits per heavy atom. The van der Waals surface area contributed by atoms with Crippen LogP contribution < -0.4 is 5.73 Å². The summed E-state index contributed by atoms with van der Waals surface area (Å²) in [6.07, 6.45) is 0. The third kappa shape index (κ3) is 2.25. The van der Waals surface area contributed by atoms with Gasteiger partial charge in [0.05, 0.1) is 11.1 Å². The highest BCUT2D eigenvalue weighted by Crippen LogP contribution is 2.40. The van der Waals surface area contributed by atoms with Crippen molar-refractivity contribution in [3.8, 4) is 22.4 Å². The van der Waals surface area contributed by atoms with Gasteiger partial charge in [-0.2, -0.15) is 0 Å². The normalized spacial score (nSPS) is 10.8. The molecule has 0 saturated heterocycles. The van der Waals surface area contributed by atoms with Crippen LogP contribution in [0, 0.1) is 11.6 Å². The molecule has 106 valence electrons. The first-order chi connectivity index (χ1) is 10.1. The predicted octanol–water partition coefficient (Wildman–Crippen LogP) is 4.52. The van der Waals surface area contributed by atoms with E-state index in [4.69, 9.17) is 21.9 Å². The largest absolute Gasteiger partial charge is 0.367 e. The summed E-state index contributed by atoms with van der Waals surface area (Å²) in [6, 6.07) is 10.3. The number of benzene rings is 2. The van der Waals surface area contributed by atoms with Crippen LogP contribution in [0.3, 0.4) is 0 Å². The molecule has 3 rings (SSSR count). The lowest BCUT2D eigenvalue weighted by atomic mass is 10.00. The second-order valence-electron chi connectivity index (χ2n) is 4.35. The number of nitrogen functional groups attached to an aromatic ring is 1. The van der Waals surface area contributed by atoms with Crippen LogP contribution in [0.25, 0.3) is 22.4 Å². The van der Waals surface area contributed by atoms with E-state index in [0.717, 1.165) is 12.1 Å². The van der Waals surface area contributed by atoms with Crippen molar-refractivity contribution in [3.05, 3.63) is 59.1 Å². The Kier molecular flexibility index (Phi) is 3.35. The van der Waals surface area contributed by atoms with Crippen LogP contribution in [-0.4, -0.2) is 5.16 Å². The Morgan fingerprint density at radius 1 is 0.952 bits per heavy atom. The van der Waals surface area contributed by atoms with Gasteiger partial charge in [-0.05, 0) is 18.2 Å². The van der Waals surface area contributed by atoms with E-state index in [9.17, 15) is 8.78 Å². The van der Waals surface area contributed by atoms with Crippen molar-refractivity contribution in [1.29, 1.82) is 0 Å². The molecule has 0 spiro atoms. The van der Waals surface area contributed by atoms with Gasteiger partial charge < -0.3 is 10.3 Å². The topological polar surface area (TPSA) is 52.0 Å². The molecule has 3 nitrogen and oxygen atoms in total. The maximum atomic E-state index is 13.9. The average Bonchev–Trinajstić information content (AvgIpc) is 2.81. The minimum atomic E-state index is -0.753. The van der Waals surface area contributed by atoms with Gasteiger partial charge in [-0.3, -0.25) is 0 Å². The van der Waals surface area contributed by atoms with Crippen molar-refractivity contribution < 1.29 is 13.3 Å². The summed E-state index contributed by atoms with van der Waals surface area (Å²) in [6.45, 7) is 0. The number of hydrogen-bond acceptors (Lipinski definition) is 3. The van der Waals surface area contributed by atoms with E-state index in [1.54, 1.807) is 24.3 Å². The SMILES string of the molecule is Nc1onc(-c2c(F)cccc2F)c1-c1ccccc1Cl. The third-order valence-corrected chi connectivity index (χ3v) is 3.39. The molecule has 0 saturated carbocycles. The molecule has 0 aliphatic rings. The van der Waals surface area contributed by atoms with Crippen molar-refractivity contribution in [2.75, 3.05) is 5.73 Å². The van der Waals surface area contributed by atoms with Crippen molar-refractivity contribution in [3.63, 3.8) is 0 Å². The highest BCUT2D eigenvalue weighted by Gasteiger charge is 2.24. The molecule has 0 aliphatic heterocycles. The fraction of sp³-hybridized carbons (Fsp3) is 0. The number of halogens is 3. The van der Waals surface area contributed by atoms with Gasteiger partial charge in [0.25, 0.3) is 0 Å². The second kappa shape index (κ2) is 5.18. The minimum Gasteiger partial charge on any atom is -0.367 e. The lowest BCUT2D eigenvalue weighted by Crippen LogP contribution is -1.93. The van der Waals surface area contributed by atoms with Crippen LogP contribution in [0.2, 0.25) is 5.02 Å². The second-order valence-corrected chi connectivity index (χ2v) is 4.75. The van der Waals surface area contributed by atoms with Crippen molar-refractivity contribution in [1.82, 2.24) is 5.16 Å². The zero-order chi connectivity index (χ0) is 15.0. The Morgan fingerprint density at radius 2 is 1.62 bits per heavy atom. The van der Waals surface area contributed by atoms with Gasteiger partial charge in [0.1, 0.15) is 17.3 Å². The minimum absolute atomic E-state index is 0.0174. The average molecular weight is 307 g/mol. The van der Waals surface area contributed by atoms with E-state index >= 15 is 0 Å². The molecule has 2 aromatic carbocycles. The Bertz CT molecular complexity index is 797. The third-order valence-electron chi connectivity index (χ3n) is 3.06. The molecular weight excluding hydrogens is 298 g/mol. The van der Waals surface area contributed by atoms with E-state index < -0.39 is 11.6 Å². The van der Waals surface area contributed by atoms with Gasteiger partial charge in [0.2, 0.25) is 5.88 Å². The molecule has 0 fully saturated rings. The number of hydrogen-bond donors (Lipinski definition) is 1. The highest BCUT2D eigenvalue weighted by atomic mass is 35.5. The lowest BCUT2D eigenvalue weighted by Gasteiger charge is -2.06. The van der Waals surface area contributed by atoms with Crippen LogP contribution >= 0.6 is 11.6 Å². The molecule has 0 bridgehead atoms. The van der Waals surface area contributed by atoms with Crippen molar-refractivity contribution >= 4 is 17.5 Å². The summed E-state index contributed by atoms with van der Waals surface area (Å²) in [5.74, 6) is -1.56. The maximum absolute atomic E-state index is 13.9. The first-order valence-electron chi connectivity index (χ1n) is 6.04. The molecule has 2 N–H and O–H groups in total. The van der Waals surface area contributed by atoms with E-state index in [0.29, 0.717) is 10.6 Å². The first-order valence-corrected chi connectivity index (χ1v) is 6.42. The van der Waals surface area contributed by atoms with Gasteiger partial charge in [0.15, 0.2) is 0 Å². The quantitative estimate of drug-likeness (QED) is 0.757. The summed E-state index contributed by atoms with van der Waals surface area (Å²) < 4.78 is 32.8. The molecule has 3 aromatic rings. The van der Waals surface area contributed by atoms with Crippen molar-refractivity contribution in [2.45, 2.75) is 0 Å². The molecule has 0 aliphatic carbocycles. The zero-order valence-electron chi connectivity index (χ0n) is 10.6. The summed E-state index contributed by atoms with van der Waals surface area (Å²) in [4.78, 5) is 0. The number of nitrogens with two attached hydrogens (primary N) is 1. The number of nitrogens with zero attached hydrogens (tertiary/aromatic N) is 1. The van der Waals surface area contributed by atoms with Crippen LogP contribution in [0.4, 0.5) is 14.7 Å². The lowest BCUT2D eigenvalue weighted by molar-refractivity contribution is 0.438. The first kappa shape index (κ1) is 13.6. The molecular formula is C15H9ClF2N2O. The number of aromatic nitrogens is 1. The van der Waals surface area contributed by atoms with E-state index in [1.807, 2.05) is 0 Å². The van der Waals surface area contributed by atoms with Crippen molar-refractivity contribution in [2.24, 2.45) is 0 Å². The standard InChI is InChI=1S/C15H9ClF2N2O/c16-9-5-2-1-4-8(9)12-14(20-21-15(12)19)13-10(17)6-3-7-11(13)18/h1-7H,19H2. The molecule has 21 heavy (non-hydrogen) atoms. The van der Waals surface area contributed by atoms with Gasteiger partial charge in [-0.15, -0.1) is 0 Å². The van der Waals surface area contributed by atoms with E-state index in [1.165, 1.54) is 6.07 Å². The van der Waals surface area contributed by atoms with Crippen LogP contribution in [0.15, 0.2) is 47.0 Å². The summed E-state index contributed by atoms with van der Waals surface area (Å²) in [5.41, 5.74) is 6.20. The summed E-state index contributed by atoms with van der Waals surface area (Å²) >= 11 is 6.11. The van der Waals surface area contributed by atoms with Gasteiger partial charge in [0, 0.05) is 10.6 Å². The Hall–Kier alpha value is -2.40. The zero-order valence-corrected chi connectivity index (χ0v) is 11.4. The molecule has 0 radical (unpaired) electrons. The molecule has 1 aromatic heterocycles. The fourth-order valence-electron chi connectivity index (χ4n) is 2.12. The van der Waals surface area contributed by atoms with Gasteiger partial charge in [-0.1, -0.05) is 41.0 Å². The number of anilines is 1. The van der Waals surface area contributed by atoms with E-state index in [-0.39, 0.29) is 22.7 Å². The fourth-order valence-corrected chi connectivity index (χ4v) is 2.35. The number of rotatable bonds is 2. The van der Waals surface area contributed by atoms with Crippen LogP contribution in [-0.2, 0) is 0 Å². The maximum Gasteiger partial charge on any atom is 0.230 e. The predicted molar refractivity (Wildman–Crippen MR) is 76.7 cm³/mol. The monoisotopic (exact) mass is 306 g/mol. The van der Waals surface area contributed by atoms with E-state index in [2.05, 4.69) is 5.16 Å². The summed E-state index contributed by atoms with van der Waals surface area (Å²) in [5, 5.41) is 4.07. The van der Waals surface area contributed by atoms with Gasteiger partial charge in [-0.25, -0.2) is 8.78 Å². The molecule has 0 amide bonds. The smallest absolute Gasteiger partial charge is 0.230 e. The summed E-state index contributed by atoms with van der Waals surface area (Å²) in [7, 11) is 0. The molecule has 6 heteroatoms. The molecule has 0 atom stereocenters. The van der Waals surface area contributed by atoms with Gasteiger partial charge >= 0.3 is 0 Å². The molecule has 0 unspecified atom stereocenters. The highest BCUT2D eigenvalue weighted by molar-refractivity contribution is 6.33. The molecule has 1 heterocycles. The van der Waals surface area contributed by atoms with Crippen LogP contribution in [0.5, 0.6) is 0 Å².